The SMILES string of the molecule is C1CCN2CCC(NCCCN3CCCC3)C2C1. The Balaban J connectivity index is 1.33. The molecular weight excluding hydrogens is 222 g/mol. The van der Waals surface area contributed by atoms with Gasteiger partial charge in [-0.05, 0) is 71.2 Å². The minimum Gasteiger partial charge on any atom is -0.312 e. The van der Waals surface area contributed by atoms with E-state index in [-0.39, 0.29) is 0 Å². The lowest BCUT2D eigenvalue weighted by atomic mass is 9.99. The van der Waals surface area contributed by atoms with Gasteiger partial charge in [-0.3, -0.25) is 4.90 Å². The number of hydrogen-bond donors (Lipinski definition) is 1. The maximum absolute atomic E-state index is 3.84. The van der Waals surface area contributed by atoms with Crippen molar-refractivity contribution in [3.8, 4) is 0 Å². The fraction of sp³-hybridized carbons (Fsp3) is 1.00. The monoisotopic (exact) mass is 251 g/mol. The summed E-state index contributed by atoms with van der Waals surface area (Å²) in [5.74, 6) is 0. The molecule has 0 spiro atoms. The second-order valence-corrected chi connectivity index (χ2v) is 6.35. The molecule has 0 aromatic heterocycles. The van der Waals surface area contributed by atoms with Crippen molar-refractivity contribution in [3.63, 3.8) is 0 Å². The summed E-state index contributed by atoms with van der Waals surface area (Å²) >= 11 is 0. The second kappa shape index (κ2) is 6.36. The van der Waals surface area contributed by atoms with Crippen LogP contribution in [-0.2, 0) is 0 Å². The third-order valence-corrected chi connectivity index (χ3v) is 5.11. The van der Waals surface area contributed by atoms with Crippen LogP contribution in [0.3, 0.4) is 0 Å². The van der Waals surface area contributed by atoms with Crippen molar-refractivity contribution in [2.45, 2.75) is 57.0 Å². The van der Waals surface area contributed by atoms with E-state index in [0.717, 1.165) is 12.1 Å². The van der Waals surface area contributed by atoms with Gasteiger partial charge in [0.1, 0.15) is 0 Å². The van der Waals surface area contributed by atoms with E-state index < -0.39 is 0 Å². The number of nitrogens with one attached hydrogen (secondary N) is 1. The number of fused-ring (bicyclic) bond motifs is 1. The molecule has 0 aromatic rings. The fourth-order valence-electron chi connectivity index (χ4n) is 4.08. The van der Waals surface area contributed by atoms with E-state index in [2.05, 4.69) is 15.1 Å². The average Bonchev–Trinajstić information content (AvgIpc) is 3.04. The lowest BCUT2D eigenvalue weighted by Gasteiger charge is -2.32. The van der Waals surface area contributed by atoms with Crippen LogP contribution in [0.25, 0.3) is 0 Å². The van der Waals surface area contributed by atoms with Gasteiger partial charge in [0.2, 0.25) is 0 Å². The van der Waals surface area contributed by atoms with Crippen LogP contribution in [0.4, 0.5) is 0 Å². The van der Waals surface area contributed by atoms with Crippen LogP contribution in [0.2, 0.25) is 0 Å². The predicted octanol–water partition coefficient (Wildman–Crippen LogP) is 1.69. The van der Waals surface area contributed by atoms with Crippen LogP contribution < -0.4 is 5.32 Å². The normalized spacial score (nSPS) is 34.0. The Bertz CT molecular complexity index is 250. The summed E-state index contributed by atoms with van der Waals surface area (Å²) in [5.41, 5.74) is 0. The summed E-state index contributed by atoms with van der Waals surface area (Å²) < 4.78 is 0. The summed E-state index contributed by atoms with van der Waals surface area (Å²) in [6.07, 6.45) is 9.88. The molecule has 3 saturated heterocycles. The van der Waals surface area contributed by atoms with E-state index >= 15 is 0 Å². The van der Waals surface area contributed by atoms with Crippen molar-refractivity contribution < 1.29 is 0 Å². The van der Waals surface area contributed by atoms with Gasteiger partial charge in [-0.25, -0.2) is 0 Å². The summed E-state index contributed by atoms with van der Waals surface area (Å²) in [5, 5.41) is 3.84. The third kappa shape index (κ3) is 3.06. The molecular formula is C15H29N3. The first-order valence-electron chi connectivity index (χ1n) is 8.13. The molecule has 3 heteroatoms. The highest BCUT2D eigenvalue weighted by Crippen LogP contribution is 2.26. The van der Waals surface area contributed by atoms with E-state index in [4.69, 9.17) is 0 Å². The smallest absolute Gasteiger partial charge is 0.0249 e. The molecule has 3 heterocycles. The summed E-state index contributed by atoms with van der Waals surface area (Å²) in [6, 6.07) is 1.66. The average molecular weight is 251 g/mol. The van der Waals surface area contributed by atoms with E-state index in [9.17, 15) is 0 Å². The standard InChI is InChI=1S/C15H29N3/c1-2-12-18-13-7-14(15(18)6-1)16-8-5-11-17-9-3-4-10-17/h14-16H,1-13H2. The summed E-state index contributed by atoms with van der Waals surface area (Å²) in [4.78, 5) is 5.35. The quantitative estimate of drug-likeness (QED) is 0.750. The second-order valence-electron chi connectivity index (χ2n) is 6.35. The molecule has 0 radical (unpaired) electrons. The highest BCUT2D eigenvalue weighted by atomic mass is 15.2. The molecule has 2 atom stereocenters. The fourth-order valence-corrected chi connectivity index (χ4v) is 4.08. The van der Waals surface area contributed by atoms with Crippen LogP contribution in [0.5, 0.6) is 0 Å². The minimum atomic E-state index is 0.795. The first-order chi connectivity index (χ1) is 8.93. The van der Waals surface area contributed by atoms with Crippen molar-refractivity contribution in [2.24, 2.45) is 0 Å². The van der Waals surface area contributed by atoms with Crippen molar-refractivity contribution in [3.05, 3.63) is 0 Å². The molecule has 3 fully saturated rings. The molecule has 18 heavy (non-hydrogen) atoms. The summed E-state index contributed by atoms with van der Waals surface area (Å²) in [7, 11) is 0. The Morgan fingerprint density at radius 3 is 2.61 bits per heavy atom. The Morgan fingerprint density at radius 1 is 0.889 bits per heavy atom. The van der Waals surface area contributed by atoms with Crippen LogP contribution in [-0.4, -0.2) is 61.2 Å². The van der Waals surface area contributed by atoms with Crippen molar-refractivity contribution in [1.29, 1.82) is 0 Å². The molecule has 104 valence electrons. The van der Waals surface area contributed by atoms with Gasteiger partial charge >= 0.3 is 0 Å². The maximum Gasteiger partial charge on any atom is 0.0249 e. The molecule has 2 unspecified atom stereocenters. The van der Waals surface area contributed by atoms with E-state index in [1.54, 1.807) is 0 Å². The van der Waals surface area contributed by atoms with Crippen molar-refractivity contribution in [2.75, 3.05) is 39.3 Å². The van der Waals surface area contributed by atoms with Gasteiger partial charge in [-0.1, -0.05) is 6.42 Å². The van der Waals surface area contributed by atoms with Gasteiger partial charge in [0.05, 0.1) is 0 Å². The zero-order valence-corrected chi connectivity index (χ0v) is 11.7. The van der Waals surface area contributed by atoms with Gasteiger partial charge in [0.25, 0.3) is 0 Å². The number of likely N-dealkylation sites (tertiary alicyclic amines) is 1. The van der Waals surface area contributed by atoms with Gasteiger partial charge in [0.15, 0.2) is 0 Å². The first-order valence-corrected chi connectivity index (χ1v) is 8.13. The largest absolute Gasteiger partial charge is 0.312 e. The molecule has 3 nitrogen and oxygen atoms in total. The lowest BCUT2D eigenvalue weighted by Crippen LogP contribution is -2.45. The predicted molar refractivity (Wildman–Crippen MR) is 75.9 cm³/mol. The zero-order chi connectivity index (χ0) is 12.2. The molecule has 0 amide bonds. The maximum atomic E-state index is 3.84. The number of rotatable bonds is 5. The highest BCUT2D eigenvalue weighted by Gasteiger charge is 2.34. The molecule has 1 N–H and O–H groups in total. The Labute approximate surface area is 112 Å². The lowest BCUT2D eigenvalue weighted by molar-refractivity contribution is 0.180. The molecule has 0 bridgehead atoms. The van der Waals surface area contributed by atoms with Crippen LogP contribution in [0, 0.1) is 0 Å². The van der Waals surface area contributed by atoms with Crippen LogP contribution in [0.15, 0.2) is 0 Å². The van der Waals surface area contributed by atoms with E-state index in [1.807, 2.05) is 0 Å². The molecule has 0 saturated carbocycles. The van der Waals surface area contributed by atoms with E-state index in [0.29, 0.717) is 0 Å². The Hall–Kier alpha value is -0.120. The molecule has 3 rings (SSSR count). The Kier molecular flexibility index (Phi) is 4.55. The molecule has 0 aliphatic carbocycles. The number of hydrogen-bond acceptors (Lipinski definition) is 3. The number of piperidine rings is 1. The van der Waals surface area contributed by atoms with Gasteiger partial charge in [0, 0.05) is 18.6 Å². The highest BCUT2D eigenvalue weighted by molar-refractivity contribution is 4.93. The van der Waals surface area contributed by atoms with Gasteiger partial charge < -0.3 is 10.2 Å². The van der Waals surface area contributed by atoms with Gasteiger partial charge in [-0.15, -0.1) is 0 Å². The molecule has 0 aromatic carbocycles. The zero-order valence-electron chi connectivity index (χ0n) is 11.7. The van der Waals surface area contributed by atoms with Crippen LogP contribution in [0.1, 0.15) is 44.9 Å². The minimum absolute atomic E-state index is 0.795. The topological polar surface area (TPSA) is 18.5 Å². The molecule has 3 aliphatic heterocycles. The third-order valence-electron chi connectivity index (χ3n) is 5.11. The number of nitrogens with zero attached hydrogens (tertiary/aromatic N) is 2. The van der Waals surface area contributed by atoms with Crippen LogP contribution >= 0.6 is 0 Å². The van der Waals surface area contributed by atoms with Crippen molar-refractivity contribution in [1.82, 2.24) is 15.1 Å². The van der Waals surface area contributed by atoms with Gasteiger partial charge in [-0.2, -0.15) is 0 Å². The molecule has 3 aliphatic rings. The Morgan fingerprint density at radius 2 is 1.72 bits per heavy atom. The van der Waals surface area contributed by atoms with Crippen molar-refractivity contribution >= 4 is 0 Å². The first kappa shape index (κ1) is 12.9. The van der Waals surface area contributed by atoms with E-state index in [1.165, 1.54) is 84.2 Å². The summed E-state index contributed by atoms with van der Waals surface area (Å²) in [6.45, 7) is 7.93.